The lowest BCUT2D eigenvalue weighted by Crippen LogP contribution is -2.16. The number of thioether (sulfide) groups is 1. The van der Waals surface area contributed by atoms with Crippen LogP contribution < -0.4 is 5.32 Å². The number of aromatic nitrogens is 4. The third-order valence-electron chi connectivity index (χ3n) is 4.60. The predicted octanol–water partition coefficient (Wildman–Crippen LogP) is 4.36. The van der Waals surface area contributed by atoms with Crippen LogP contribution in [0.1, 0.15) is 5.56 Å². The minimum atomic E-state index is 0.785. The van der Waals surface area contributed by atoms with Gasteiger partial charge in [0, 0.05) is 43.8 Å². The summed E-state index contributed by atoms with van der Waals surface area (Å²) in [5, 5.41) is 11.9. The maximum Gasteiger partial charge on any atom is 0.167 e. The van der Waals surface area contributed by atoms with E-state index in [4.69, 9.17) is 0 Å². The topological polar surface area (TPSA) is 58.5 Å². The Hall–Kier alpha value is -2.83. The molecule has 0 aliphatic rings. The first kappa shape index (κ1) is 18.5. The fourth-order valence-electron chi connectivity index (χ4n) is 3.08. The van der Waals surface area contributed by atoms with Crippen molar-refractivity contribution < 1.29 is 0 Å². The molecule has 4 rings (SSSR count). The third kappa shape index (κ3) is 4.35. The van der Waals surface area contributed by atoms with E-state index >= 15 is 0 Å². The molecule has 2 N–H and O–H groups in total. The van der Waals surface area contributed by atoms with Gasteiger partial charge in [0.05, 0.1) is 11.9 Å². The Bertz CT molecular complexity index is 1000. The van der Waals surface area contributed by atoms with Gasteiger partial charge in [0.15, 0.2) is 5.16 Å². The number of nitrogens with one attached hydrogen (secondary N) is 2. The van der Waals surface area contributed by atoms with Crippen LogP contribution in [0.5, 0.6) is 0 Å². The number of H-pyrrole nitrogens is 1. The van der Waals surface area contributed by atoms with Gasteiger partial charge in [0.1, 0.15) is 0 Å². The van der Waals surface area contributed by atoms with Crippen molar-refractivity contribution in [3.63, 3.8) is 0 Å². The maximum absolute atomic E-state index is 4.33. The molecule has 5 nitrogen and oxygen atoms in total. The molecule has 4 aromatic rings. The molecule has 0 spiro atoms. The normalized spacial score (nSPS) is 11.0. The number of nitrogens with zero attached hydrogens (tertiary/aromatic N) is 3. The summed E-state index contributed by atoms with van der Waals surface area (Å²) in [6, 6.07) is 19.0. The van der Waals surface area contributed by atoms with E-state index in [-0.39, 0.29) is 0 Å². The van der Waals surface area contributed by atoms with Crippen molar-refractivity contribution in [2.45, 2.75) is 11.7 Å². The van der Waals surface area contributed by atoms with Crippen LogP contribution in [-0.2, 0) is 13.6 Å². The Morgan fingerprint density at radius 1 is 1.00 bits per heavy atom. The Morgan fingerprint density at radius 3 is 2.50 bits per heavy atom. The van der Waals surface area contributed by atoms with Crippen LogP contribution in [0.15, 0.2) is 78.3 Å². The largest absolute Gasteiger partial charge is 0.329 e. The molecule has 28 heavy (non-hydrogen) atoms. The Morgan fingerprint density at radius 2 is 1.75 bits per heavy atom. The molecule has 142 valence electrons. The first-order valence-electron chi connectivity index (χ1n) is 9.30. The van der Waals surface area contributed by atoms with E-state index in [1.807, 2.05) is 36.3 Å². The van der Waals surface area contributed by atoms with Gasteiger partial charge in [-0.25, -0.2) is 4.98 Å². The van der Waals surface area contributed by atoms with Crippen LogP contribution in [-0.4, -0.2) is 32.0 Å². The number of hydrogen-bond donors (Lipinski definition) is 2. The zero-order valence-electron chi connectivity index (χ0n) is 15.8. The van der Waals surface area contributed by atoms with E-state index in [9.17, 15) is 0 Å². The van der Waals surface area contributed by atoms with Gasteiger partial charge < -0.3 is 9.88 Å². The van der Waals surface area contributed by atoms with E-state index in [0.717, 1.165) is 35.3 Å². The summed E-state index contributed by atoms with van der Waals surface area (Å²) in [4.78, 5) is 4.33. The lowest BCUT2D eigenvalue weighted by Gasteiger charge is -2.07. The lowest BCUT2D eigenvalue weighted by molar-refractivity contribution is 0.730. The molecule has 0 saturated carbocycles. The van der Waals surface area contributed by atoms with Gasteiger partial charge in [-0.05, 0) is 16.7 Å². The molecule has 0 fully saturated rings. The number of benzene rings is 2. The van der Waals surface area contributed by atoms with Crippen LogP contribution in [0.3, 0.4) is 0 Å². The monoisotopic (exact) mass is 389 g/mol. The van der Waals surface area contributed by atoms with Crippen LogP contribution in [0.25, 0.3) is 22.4 Å². The second kappa shape index (κ2) is 8.91. The predicted molar refractivity (Wildman–Crippen MR) is 115 cm³/mol. The average molecular weight is 390 g/mol. The van der Waals surface area contributed by atoms with Crippen molar-refractivity contribution in [1.29, 1.82) is 0 Å². The minimum absolute atomic E-state index is 0.785. The molecular formula is C22H23N5S. The first-order chi connectivity index (χ1) is 13.8. The summed E-state index contributed by atoms with van der Waals surface area (Å²) in [5.41, 5.74) is 5.84. The Balaban J connectivity index is 1.34. The molecule has 0 aliphatic carbocycles. The fraction of sp³-hybridized carbons (Fsp3) is 0.182. The molecule has 0 atom stereocenters. The van der Waals surface area contributed by atoms with Gasteiger partial charge in [0.2, 0.25) is 0 Å². The van der Waals surface area contributed by atoms with Crippen molar-refractivity contribution in [3.05, 3.63) is 78.8 Å². The highest BCUT2D eigenvalue weighted by atomic mass is 32.2. The molecule has 2 heterocycles. The highest BCUT2D eigenvalue weighted by Crippen LogP contribution is 2.25. The summed E-state index contributed by atoms with van der Waals surface area (Å²) in [5.74, 6) is 0.976. The van der Waals surface area contributed by atoms with Gasteiger partial charge >= 0.3 is 0 Å². The molecule has 0 unspecified atom stereocenters. The van der Waals surface area contributed by atoms with Crippen molar-refractivity contribution >= 4 is 11.8 Å². The van der Waals surface area contributed by atoms with Crippen molar-refractivity contribution in [2.75, 3.05) is 12.3 Å². The number of aryl methyl sites for hydroxylation is 1. The number of rotatable bonds is 8. The highest BCUT2D eigenvalue weighted by molar-refractivity contribution is 7.99. The van der Waals surface area contributed by atoms with Gasteiger partial charge in [0.25, 0.3) is 0 Å². The smallest absolute Gasteiger partial charge is 0.167 e. The summed E-state index contributed by atoms with van der Waals surface area (Å²) in [6.45, 7) is 1.70. The highest BCUT2D eigenvalue weighted by Gasteiger charge is 2.08. The SMILES string of the molecule is Cn1ccnc1SCCNCc1cn[nH]c1-c1ccc(-c2ccccc2)cc1. The first-order valence-corrected chi connectivity index (χ1v) is 10.3. The number of imidazole rings is 1. The summed E-state index contributed by atoms with van der Waals surface area (Å²) >= 11 is 1.76. The van der Waals surface area contributed by atoms with Crippen LogP contribution in [0, 0.1) is 0 Å². The van der Waals surface area contributed by atoms with E-state index in [1.54, 1.807) is 11.8 Å². The van der Waals surface area contributed by atoms with Crippen molar-refractivity contribution in [1.82, 2.24) is 25.1 Å². The second-order valence-electron chi connectivity index (χ2n) is 6.56. The van der Waals surface area contributed by atoms with Crippen LogP contribution >= 0.6 is 11.8 Å². The molecule has 6 heteroatoms. The lowest BCUT2D eigenvalue weighted by atomic mass is 10.0. The van der Waals surface area contributed by atoms with Gasteiger partial charge in [-0.3, -0.25) is 5.10 Å². The second-order valence-corrected chi connectivity index (χ2v) is 7.62. The molecule has 0 amide bonds. The zero-order valence-corrected chi connectivity index (χ0v) is 16.6. The van der Waals surface area contributed by atoms with E-state index in [0.29, 0.717) is 0 Å². The molecule has 0 bridgehead atoms. The molecule has 2 aromatic heterocycles. The third-order valence-corrected chi connectivity index (χ3v) is 5.66. The van der Waals surface area contributed by atoms with Gasteiger partial charge in [-0.1, -0.05) is 66.4 Å². The maximum atomic E-state index is 4.33. The standard InChI is InChI=1S/C22H23N5S/c1-27-13-11-24-22(27)28-14-12-23-15-20-16-25-26-21(20)19-9-7-18(8-10-19)17-5-3-2-4-6-17/h2-11,13,16,23H,12,14-15H2,1H3,(H,25,26). The average Bonchev–Trinajstić information content (AvgIpc) is 3.37. The molecular weight excluding hydrogens is 366 g/mol. The summed E-state index contributed by atoms with van der Waals surface area (Å²) < 4.78 is 2.04. The van der Waals surface area contributed by atoms with Crippen LogP contribution in [0.4, 0.5) is 0 Å². The van der Waals surface area contributed by atoms with E-state index in [1.165, 1.54) is 16.7 Å². The quantitative estimate of drug-likeness (QED) is 0.347. The van der Waals surface area contributed by atoms with Crippen LogP contribution in [0.2, 0.25) is 0 Å². The summed E-state index contributed by atoms with van der Waals surface area (Å²) in [6.07, 6.45) is 5.70. The molecule has 2 aromatic carbocycles. The number of aromatic amines is 1. The van der Waals surface area contributed by atoms with Crippen molar-refractivity contribution in [2.24, 2.45) is 7.05 Å². The molecule has 0 radical (unpaired) electrons. The Labute approximate surface area is 169 Å². The number of hydrogen-bond acceptors (Lipinski definition) is 4. The zero-order chi connectivity index (χ0) is 19.2. The minimum Gasteiger partial charge on any atom is -0.329 e. The molecule has 0 saturated heterocycles. The van der Waals surface area contributed by atoms with Gasteiger partial charge in [-0.2, -0.15) is 5.10 Å². The molecule has 0 aliphatic heterocycles. The van der Waals surface area contributed by atoms with E-state index in [2.05, 4.69) is 69.0 Å². The van der Waals surface area contributed by atoms with Gasteiger partial charge in [-0.15, -0.1) is 0 Å². The van der Waals surface area contributed by atoms with E-state index < -0.39 is 0 Å². The summed E-state index contributed by atoms with van der Waals surface area (Å²) in [7, 11) is 2.02. The Kier molecular flexibility index (Phi) is 5.89. The van der Waals surface area contributed by atoms with Crippen molar-refractivity contribution in [3.8, 4) is 22.4 Å². The fourth-order valence-corrected chi connectivity index (χ4v) is 3.91.